The lowest BCUT2D eigenvalue weighted by atomic mass is 9.75. The van der Waals surface area contributed by atoms with Crippen molar-refractivity contribution >= 4 is 34.5 Å². The van der Waals surface area contributed by atoms with E-state index in [1.165, 1.54) is 14.0 Å². The molecule has 0 unspecified atom stereocenters. The number of cyclic esters (lactones) is 1. The number of carbonyl (C=O) groups is 4. The van der Waals surface area contributed by atoms with Crippen LogP contribution < -0.4 is 0 Å². The van der Waals surface area contributed by atoms with Crippen LogP contribution in [0.25, 0.3) is 10.9 Å². The van der Waals surface area contributed by atoms with E-state index in [0.29, 0.717) is 32.4 Å². The Morgan fingerprint density at radius 2 is 1.67 bits per heavy atom. The summed E-state index contributed by atoms with van der Waals surface area (Å²) in [5.41, 5.74) is -0.160. The number of aromatic nitrogens is 1. The summed E-state index contributed by atoms with van der Waals surface area (Å²) in [6.45, 7) is 13.2. The minimum Gasteiger partial charge on any atom is -0.458 e. The first-order valence-corrected chi connectivity index (χ1v) is 19.5. The van der Waals surface area contributed by atoms with Crippen molar-refractivity contribution in [3.63, 3.8) is 0 Å². The van der Waals surface area contributed by atoms with Crippen molar-refractivity contribution in [1.29, 1.82) is 0 Å². The highest BCUT2D eigenvalue weighted by atomic mass is 16.7. The van der Waals surface area contributed by atoms with Crippen LogP contribution in [-0.2, 0) is 44.6 Å². The standard InChI is InChI=1S/C41H61N3O10/c1-11-31-36-32(44(40(49)53-36)19-14-18-43-20-17-28-15-12-13-16-29(28)43)25(4)33(45)23(2)22-41(7,50-10)37(26(5)34(46)27(6)38(48)52-31)54-39-35(47)30(42(8)9)21-24(3)51-39/h12-13,15-17,20,23-27,30-32,35-37,39,47H,11,14,18-19,21-22H2,1-10H3/t23-,24-,25-,26+,27-,30+,31-,32-,35-,36-,37-,39+,41-/m1/s1. The second-order valence-electron chi connectivity index (χ2n) is 16.2. The number of nitrogens with zero attached hydrogens (tertiary/aromatic N) is 3. The molecule has 3 saturated heterocycles. The number of carbonyl (C=O) groups excluding carboxylic acids is 4. The second-order valence-corrected chi connectivity index (χ2v) is 16.2. The van der Waals surface area contributed by atoms with Gasteiger partial charge in [-0.15, -0.1) is 0 Å². The molecule has 1 N–H and O–H groups in total. The Labute approximate surface area is 319 Å². The van der Waals surface area contributed by atoms with E-state index in [4.69, 9.17) is 23.7 Å². The Morgan fingerprint density at radius 1 is 0.963 bits per heavy atom. The molecular formula is C41H61N3O10. The lowest BCUT2D eigenvalue weighted by Gasteiger charge is -2.47. The molecule has 300 valence electrons. The molecule has 3 aliphatic heterocycles. The van der Waals surface area contributed by atoms with E-state index in [1.807, 2.05) is 58.1 Å². The first-order valence-electron chi connectivity index (χ1n) is 19.5. The molecule has 13 nitrogen and oxygen atoms in total. The van der Waals surface area contributed by atoms with Crippen LogP contribution in [0.3, 0.4) is 0 Å². The fourth-order valence-corrected chi connectivity index (χ4v) is 8.92. The summed E-state index contributed by atoms with van der Waals surface area (Å²) in [4.78, 5) is 59.7. The number of Topliss-reactive ketones (excluding diaryl/α,β-unsaturated/α-hetero) is 2. The molecule has 54 heavy (non-hydrogen) atoms. The quantitative estimate of drug-likeness (QED) is 0.277. The van der Waals surface area contributed by atoms with Crippen LogP contribution >= 0.6 is 0 Å². The summed E-state index contributed by atoms with van der Waals surface area (Å²) in [5, 5.41) is 12.5. The highest BCUT2D eigenvalue weighted by Gasteiger charge is 2.54. The predicted molar refractivity (Wildman–Crippen MR) is 201 cm³/mol. The monoisotopic (exact) mass is 755 g/mol. The molecule has 0 spiro atoms. The smallest absolute Gasteiger partial charge is 0.410 e. The van der Waals surface area contributed by atoms with Gasteiger partial charge in [0, 0.05) is 55.7 Å². The SMILES string of the molecule is CC[C@H]1OC(=O)[C@H](C)C(=O)[C@H](C)[C@@H](O[C@@H]2O[C@H](C)C[C@H](N(C)C)[C@H]2O)[C@](C)(OC)C[C@@H](C)C(=O)[C@H](C)[C@@H]2[C@@H]1OC(=O)N2CCCn1ccc2ccccc21. The molecule has 0 radical (unpaired) electrons. The summed E-state index contributed by atoms with van der Waals surface area (Å²) >= 11 is 0. The molecule has 0 aliphatic carbocycles. The molecule has 0 bridgehead atoms. The summed E-state index contributed by atoms with van der Waals surface area (Å²) in [5.74, 6) is -4.80. The highest BCUT2D eigenvalue weighted by Crippen LogP contribution is 2.39. The molecule has 4 heterocycles. The number of ether oxygens (including phenoxy) is 5. The van der Waals surface area contributed by atoms with Crippen LogP contribution in [0.4, 0.5) is 4.79 Å². The van der Waals surface area contributed by atoms with E-state index in [-0.39, 0.29) is 24.3 Å². The number of benzene rings is 1. The van der Waals surface area contributed by atoms with Gasteiger partial charge in [-0.3, -0.25) is 14.4 Å². The van der Waals surface area contributed by atoms with Crippen molar-refractivity contribution in [2.75, 3.05) is 27.7 Å². The number of esters is 1. The number of rotatable bonds is 9. The maximum absolute atomic E-state index is 14.5. The number of hydrogen-bond acceptors (Lipinski definition) is 11. The third kappa shape index (κ3) is 8.40. The number of fused-ring (bicyclic) bond motifs is 2. The van der Waals surface area contributed by atoms with Crippen LogP contribution in [0.1, 0.15) is 74.1 Å². The van der Waals surface area contributed by atoms with Gasteiger partial charge >= 0.3 is 12.1 Å². The number of aryl methyl sites for hydroxylation is 1. The van der Waals surface area contributed by atoms with E-state index >= 15 is 0 Å². The van der Waals surface area contributed by atoms with Gasteiger partial charge < -0.3 is 43.2 Å². The Morgan fingerprint density at radius 3 is 2.33 bits per heavy atom. The summed E-state index contributed by atoms with van der Waals surface area (Å²) in [7, 11) is 5.25. The number of para-hydroxylation sites is 1. The zero-order chi connectivity index (χ0) is 39.6. The van der Waals surface area contributed by atoms with Crippen molar-refractivity contribution in [3.05, 3.63) is 36.5 Å². The first-order chi connectivity index (χ1) is 25.5. The highest BCUT2D eigenvalue weighted by molar-refractivity contribution is 6.00. The van der Waals surface area contributed by atoms with Crippen LogP contribution in [-0.4, -0.2) is 125 Å². The molecule has 0 saturated carbocycles. The van der Waals surface area contributed by atoms with Crippen molar-refractivity contribution in [2.24, 2.45) is 23.7 Å². The van der Waals surface area contributed by atoms with Gasteiger partial charge in [0.1, 0.15) is 23.9 Å². The van der Waals surface area contributed by atoms with Crippen LogP contribution in [0, 0.1) is 23.7 Å². The van der Waals surface area contributed by atoms with Gasteiger partial charge in [-0.2, -0.15) is 0 Å². The number of aliphatic hydroxyl groups excluding tert-OH is 1. The Hall–Kier alpha value is -3.36. The maximum Gasteiger partial charge on any atom is 0.410 e. The molecule has 1 aromatic heterocycles. The average Bonchev–Trinajstić information content (AvgIpc) is 3.71. The van der Waals surface area contributed by atoms with Gasteiger partial charge in [-0.25, -0.2) is 4.79 Å². The van der Waals surface area contributed by atoms with E-state index in [2.05, 4.69) is 22.8 Å². The van der Waals surface area contributed by atoms with E-state index in [0.717, 1.165) is 10.9 Å². The Kier molecular flexibility index (Phi) is 13.3. The minimum atomic E-state index is -1.25. The molecule has 3 fully saturated rings. The number of ketones is 2. The Balaban J connectivity index is 1.47. The third-order valence-electron chi connectivity index (χ3n) is 12.1. The molecule has 3 aliphatic rings. The average molecular weight is 756 g/mol. The molecular weight excluding hydrogens is 694 g/mol. The number of amides is 1. The predicted octanol–water partition coefficient (Wildman–Crippen LogP) is 4.85. The molecule has 2 aromatic rings. The number of methoxy groups -OCH3 is 1. The van der Waals surface area contributed by atoms with Gasteiger partial charge in [-0.05, 0) is 78.1 Å². The number of aliphatic hydroxyl groups is 1. The molecule has 1 amide bonds. The van der Waals surface area contributed by atoms with Crippen LogP contribution in [0.5, 0.6) is 0 Å². The van der Waals surface area contributed by atoms with Crippen molar-refractivity contribution in [2.45, 2.75) is 135 Å². The number of hydrogen-bond donors (Lipinski definition) is 1. The fraction of sp³-hybridized carbons (Fsp3) is 0.707. The van der Waals surface area contributed by atoms with Gasteiger partial charge in [0.25, 0.3) is 0 Å². The van der Waals surface area contributed by atoms with Crippen molar-refractivity contribution in [3.8, 4) is 0 Å². The topological polar surface area (TPSA) is 146 Å². The third-order valence-corrected chi connectivity index (χ3v) is 12.1. The van der Waals surface area contributed by atoms with E-state index < -0.39 is 83.9 Å². The van der Waals surface area contributed by atoms with E-state index in [9.17, 15) is 24.3 Å². The zero-order valence-electron chi connectivity index (χ0n) is 33.6. The van der Waals surface area contributed by atoms with Gasteiger partial charge in [0.15, 0.2) is 18.2 Å². The van der Waals surface area contributed by atoms with Crippen molar-refractivity contribution in [1.82, 2.24) is 14.4 Å². The van der Waals surface area contributed by atoms with Crippen molar-refractivity contribution < 1.29 is 48.0 Å². The summed E-state index contributed by atoms with van der Waals surface area (Å²) < 4.78 is 33.0. The second kappa shape index (κ2) is 17.2. The summed E-state index contributed by atoms with van der Waals surface area (Å²) in [6.07, 6.45) is -2.18. The lowest BCUT2D eigenvalue weighted by molar-refractivity contribution is -0.295. The molecule has 1 aromatic carbocycles. The fourth-order valence-electron chi connectivity index (χ4n) is 8.92. The number of likely N-dealkylation sites (N-methyl/N-ethyl adjacent to an activating group) is 1. The zero-order valence-corrected chi connectivity index (χ0v) is 33.6. The molecule has 13 heteroatoms. The van der Waals surface area contributed by atoms with Crippen LogP contribution in [0.15, 0.2) is 36.5 Å². The Bertz CT molecular complexity index is 1650. The van der Waals surface area contributed by atoms with Gasteiger partial charge in [0.2, 0.25) is 0 Å². The van der Waals surface area contributed by atoms with Crippen LogP contribution in [0.2, 0.25) is 0 Å². The minimum absolute atomic E-state index is 0.132. The normalized spacial score (nSPS) is 37.3. The lowest BCUT2D eigenvalue weighted by Crippen LogP contribution is -2.59. The van der Waals surface area contributed by atoms with E-state index in [1.54, 1.807) is 25.7 Å². The first kappa shape index (κ1) is 41.8. The summed E-state index contributed by atoms with van der Waals surface area (Å²) in [6, 6.07) is 9.14. The van der Waals surface area contributed by atoms with Gasteiger partial charge in [-0.1, -0.05) is 45.9 Å². The largest absolute Gasteiger partial charge is 0.458 e. The maximum atomic E-state index is 14.5. The molecule has 13 atom stereocenters. The molecule has 5 rings (SSSR count). The van der Waals surface area contributed by atoms with Gasteiger partial charge in [0.05, 0.1) is 23.9 Å².